The van der Waals surface area contributed by atoms with Gasteiger partial charge in [0.2, 0.25) is 5.91 Å². The molecular formula is C27H28N2O4. The van der Waals surface area contributed by atoms with E-state index in [-0.39, 0.29) is 23.7 Å². The van der Waals surface area contributed by atoms with Crippen molar-refractivity contribution < 1.29 is 18.7 Å². The van der Waals surface area contributed by atoms with Gasteiger partial charge in [-0.15, -0.1) is 0 Å². The highest BCUT2D eigenvalue weighted by Gasteiger charge is 2.47. The van der Waals surface area contributed by atoms with Crippen molar-refractivity contribution in [1.82, 2.24) is 10.2 Å². The summed E-state index contributed by atoms with van der Waals surface area (Å²) < 4.78 is 11.0. The molecule has 1 aromatic heterocycles. The highest BCUT2D eigenvalue weighted by molar-refractivity contribution is 5.94. The molecule has 0 aliphatic heterocycles. The minimum Gasteiger partial charge on any atom is -0.496 e. The second-order valence-electron chi connectivity index (χ2n) is 8.91. The number of carbonyl (C=O) groups is 2. The minimum absolute atomic E-state index is 0.0369. The predicted octanol–water partition coefficient (Wildman–Crippen LogP) is 4.51. The Balaban J connectivity index is 1.30. The van der Waals surface area contributed by atoms with Crippen molar-refractivity contribution in [2.24, 2.45) is 5.92 Å². The van der Waals surface area contributed by atoms with Crippen LogP contribution in [0.4, 0.5) is 0 Å². The summed E-state index contributed by atoms with van der Waals surface area (Å²) in [5.41, 5.74) is 2.71. The lowest BCUT2D eigenvalue weighted by molar-refractivity contribution is -0.134. The third kappa shape index (κ3) is 4.95. The van der Waals surface area contributed by atoms with Crippen molar-refractivity contribution >= 4 is 11.8 Å². The summed E-state index contributed by atoms with van der Waals surface area (Å²) in [4.78, 5) is 27.6. The van der Waals surface area contributed by atoms with Gasteiger partial charge in [-0.2, -0.15) is 0 Å². The maximum absolute atomic E-state index is 13.5. The normalized spacial score (nSPS) is 19.1. The first-order chi connectivity index (χ1) is 16.1. The van der Waals surface area contributed by atoms with Gasteiger partial charge in [-0.25, -0.2) is 0 Å². The summed E-state index contributed by atoms with van der Waals surface area (Å²) in [5, 5.41) is 3.01. The molecule has 0 spiro atoms. The van der Waals surface area contributed by atoms with Crippen LogP contribution in [0.2, 0.25) is 0 Å². The van der Waals surface area contributed by atoms with Gasteiger partial charge in [0.15, 0.2) is 0 Å². The second kappa shape index (κ2) is 9.14. The zero-order chi connectivity index (χ0) is 22.8. The summed E-state index contributed by atoms with van der Waals surface area (Å²) >= 11 is 0. The lowest BCUT2D eigenvalue weighted by atomic mass is 10.1. The molecule has 2 unspecified atom stereocenters. The Labute approximate surface area is 193 Å². The van der Waals surface area contributed by atoms with E-state index in [9.17, 15) is 9.59 Å². The molecule has 2 aliphatic carbocycles. The van der Waals surface area contributed by atoms with E-state index in [2.05, 4.69) is 5.32 Å². The first-order valence-electron chi connectivity index (χ1n) is 11.5. The molecule has 2 aromatic carbocycles. The standard InChI is InChI=1S/C27H28N2O4/c1-32-25-7-3-2-6-22(25)23-15-24(23)27(31)29(17-21-5-4-14-33-21)16-18-8-10-19(11-9-18)26(30)28-20-12-13-20/h2-11,14,20,23-24H,12-13,15-17H2,1H3,(H,28,30). The summed E-state index contributed by atoms with van der Waals surface area (Å²) in [6.07, 6.45) is 4.56. The van der Waals surface area contributed by atoms with Crippen LogP contribution in [-0.2, 0) is 17.9 Å². The van der Waals surface area contributed by atoms with Crippen LogP contribution in [-0.4, -0.2) is 29.9 Å². The van der Waals surface area contributed by atoms with Gasteiger partial charge in [-0.05, 0) is 66.6 Å². The smallest absolute Gasteiger partial charge is 0.251 e. The summed E-state index contributed by atoms with van der Waals surface area (Å²) in [6, 6.07) is 19.5. The summed E-state index contributed by atoms with van der Waals surface area (Å²) in [7, 11) is 1.66. The van der Waals surface area contributed by atoms with E-state index in [4.69, 9.17) is 9.15 Å². The van der Waals surface area contributed by atoms with Crippen molar-refractivity contribution in [1.29, 1.82) is 0 Å². The number of hydrogen-bond acceptors (Lipinski definition) is 4. The number of para-hydroxylation sites is 1. The van der Waals surface area contributed by atoms with E-state index in [0.29, 0.717) is 24.7 Å². The summed E-state index contributed by atoms with van der Waals surface area (Å²) in [5.74, 6) is 1.75. The maximum atomic E-state index is 13.5. The average Bonchev–Trinajstić information content (AvgIpc) is 3.77. The van der Waals surface area contributed by atoms with Gasteiger partial charge in [0.1, 0.15) is 11.5 Å². The summed E-state index contributed by atoms with van der Waals surface area (Å²) in [6.45, 7) is 0.865. The Bertz CT molecular complexity index is 1120. The molecule has 33 heavy (non-hydrogen) atoms. The van der Waals surface area contributed by atoms with Crippen LogP contribution in [0.3, 0.4) is 0 Å². The second-order valence-corrected chi connectivity index (χ2v) is 8.91. The first kappa shape index (κ1) is 21.3. The number of nitrogens with zero attached hydrogens (tertiary/aromatic N) is 1. The topological polar surface area (TPSA) is 71.8 Å². The molecule has 6 heteroatoms. The van der Waals surface area contributed by atoms with Crippen molar-refractivity contribution in [3.05, 3.63) is 89.4 Å². The number of hydrogen-bond donors (Lipinski definition) is 1. The average molecular weight is 445 g/mol. The van der Waals surface area contributed by atoms with Crippen LogP contribution in [0.15, 0.2) is 71.3 Å². The molecule has 5 rings (SSSR count). The highest BCUT2D eigenvalue weighted by Crippen LogP contribution is 2.51. The van der Waals surface area contributed by atoms with E-state index in [1.54, 1.807) is 13.4 Å². The molecular weight excluding hydrogens is 416 g/mol. The Hall–Kier alpha value is -3.54. The number of nitrogens with one attached hydrogen (secondary N) is 1. The molecule has 2 saturated carbocycles. The third-order valence-electron chi connectivity index (χ3n) is 6.39. The fourth-order valence-corrected chi connectivity index (χ4v) is 4.30. The van der Waals surface area contributed by atoms with Crippen molar-refractivity contribution in [3.8, 4) is 5.75 Å². The molecule has 3 aromatic rings. The zero-order valence-corrected chi connectivity index (χ0v) is 18.7. The number of carbonyl (C=O) groups excluding carboxylic acids is 2. The van der Waals surface area contributed by atoms with E-state index in [1.165, 1.54) is 0 Å². The largest absolute Gasteiger partial charge is 0.496 e. The molecule has 0 saturated heterocycles. The van der Waals surface area contributed by atoms with Crippen LogP contribution in [0, 0.1) is 5.92 Å². The molecule has 170 valence electrons. The first-order valence-corrected chi connectivity index (χ1v) is 11.5. The van der Waals surface area contributed by atoms with Gasteiger partial charge in [0, 0.05) is 24.1 Å². The van der Waals surface area contributed by atoms with Crippen LogP contribution in [0.1, 0.15) is 52.4 Å². The van der Waals surface area contributed by atoms with E-state index in [0.717, 1.165) is 41.9 Å². The predicted molar refractivity (Wildman–Crippen MR) is 124 cm³/mol. The fourth-order valence-electron chi connectivity index (χ4n) is 4.30. The number of furan rings is 1. The molecule has 1 heterocycles. The van der Waals surface area contributed by atoms with Crippen LogP contribution < -0.4 is 10.1 Å². The number of methoxy groups -OCH3 is 1. The fraction of sp³-hybridized carbons (Fsp3) is 0.333. The van der Waals surface area contributed by atoms with Gasteiger partial charge >= 0.3 is 0 Å². The lowest BCUT2D eigenvalue weighted by Gasteiger charge is -2.22. The van der Waals surface area contributed by atoms with Crippen molar-refractivity contribution in [2.75, 3.05) is 7.11 Å². The van der Waals surface area contributed by atoms with Crippen LogP contribution >= 0.6 is 0 Å². The number of amides is 2. The molecule has 0 bridgehead atoms. The van der Waals surface area contributed by atoms with Crippen molar-refractivity contribution in [3.63, 3.8) is 0 Å². The Morgan fingerprint density at radius 3 is 2.52 bits per heavy atom. The maximum Gasteiger partial charge on any atom is 0.251 e. The van der Waals surface area contributed by atoms with Crippen molar-refractivity contribution in [2.45, 2.75) is 44.3 Å². The SMILES string of the molecule is COc1ccccc1C1CC1C(=O)N(Cc1ccc(C(=O)NC2CC2)cc1)Cc1ccco1. The quantitative estimate of drug-likeness (QED) is 0.527. The number of ether oxygens (including phenoxy) is 1. The van der Waals surface area contributed by atoms with Crippen LogP contribution in [0.25, 0.3) is 0 Å². The van der Waals surface area contributed by atoms with Gasteiger partial charge in [-0.3, -0.25) is 9.59 Å². The zero-order valence-electron chi connectivity index (χ0n) is 18.7. The molecule has 1 N–H and O–H groups in total. The lowest BCUT2D eigenvalue weighted by Crippen LogP contribution is -2.31. The Morgan fingerprint density at radius 1 is 1.03 bits per heavy atom. The molecule has 2 aliphatic rings. The van der Waals surface area contributed by atoms with Gasteiger partial charge in [-0.1, -0.05) is 30.3 Å². The third-order valence-corrected chi connectivity index (χ3v) is 6.39. The number of rotatable bonds is 9. The Morgan fingerprint density at radius 2 is 1.82 bits per heavy atom. The van der Waals surface area contributed by atoms with E-state index >= 15 is 0 Å². The van der Waals surface area contributed by atoms with E-state index in [1.807, 2.05) is 65.6 Å². The van der Waals surface area contributed by atoms with Crippen LogP contribution in [0.5, 0.6) is 5.75 Å². The molecule has 2 amide bonds. The molecule has 2 fully saturated rings. The van der Waals surface area contributed by atoms with Gasteiger partial charge in [0.05, 0.1) is 19.9 Å². The van der Waals surface area contributed by atoms with Gasteiger partial charge < -0.3 is 19.4 Å². The highest BCUT2D eigenvalue weighted by atomic mass is 16.5. The van der Waals surface area contributed by atoms with E-state index < -0.39 is 0 Å². The Kier molecular flexibility index (Phi) is 5.90. The van der Waals surface area contributed by atoms with Gasteiger partial charge in [0.25, 0.3) is 5.91 Å². The molecule has 2 atom stereocenters. The molecule has 6 nitrogen and oxygen atoms in total. The number of benzene rings is 2. The monoisotopic (exact) mass is 444 g/mol. The minimum atomic E-state index is -0.0696. The molecule has 0 radical (unpaired) electrons.